The molecule has 0 aliphatic carbocycles. The van der Waals surface area contributed by atoms with E-state index in [-0.39, 0.29) is 0 Å². The van der Waals surface area contributed by atoms with E-state index in [4.69, 9.17) is 4.42 Å². The van der Waals surface area contributed by atoms with Crippen molar-refractivity contribution in [3.8, 4) is 0 Å². The lowest BCUT2D eigenvalue weighted by Crippen LogP contribution is -1.93. The number of hydrogen-bond acceptors (Lipinski definition) is 2. The monoisotopic (exact) mass is 348 g/mol. The summed E-state index contributed by atoms with van der Waals surface area (Å²) in [6.07, 6.45) is 0. The predicted molar refractivity (Wildman–Crippen MR) is 84.5 cm³/mol. The molecule has 4 heteroatoms. The van der Waals surface area contributed by atoms with Crippen LogP contribution in [0.1, 0.15) is 11.3 Å². The summed E-state index contributed by atoms with van der Waals surface area (Å²) in [6.45, 7) is 3.87. The third kappa shape index (κ3) is 2.34. The lowest BCUT2D eigenvalue weighted by Gasteiger charge is -2.02. The second kappa shape index (κ2) is 5.19. The Labute approximate surface area is 128 Å². The summed E-state index contributed by atoms with van der Waals surface area (Å²) in [4.78, 5) is 1.55. The van der Waals surface area contributed by atoms with Gasteiger partial charge in [0.2, 0.25) is 0 Å². The summed E-state index contributed by atoms with van der Waals surface area (Å²) < 4.78 is 19.5. The maximum absolute atomic E-state index is 12.8. The van der Waals surface area contributed by atoms with E-state index in [1.54, 1.807) is 0 Å². The number of benzene rings is 2. The Morgan fingerprint density at radius 3 is 2.45 bits per heavy atom. The lowest BCUT2D eigenvalue weighted by molar-refractivity contribution is 0.566. The van der Waals surface area contributed by atoms with Crippen LogP contribution in [0, 0.1) is 13.8 Å². The molecular weight excluding hydrogens is 336 g/mol. The fraction of sp³-hybridized carbons (Fsp3) is 0.125. The number of rotatable bonds is 2. The van der Waals surface area contributed by atoms with Crippen molar-refractivity contribution in [2.45, 2.75) is 23.6 Å². The Bertz CT molecular complexity index is 803. The highest BCUT2D eigenvalue weighted by Gasteiger charge is 2.18. The maximum Gasteiger partial charge on any atom is 0.135 e. The number of fused-ring (bicyclic) bond motifs is 1. The highest BCUT2D eigenvalue weighted by molar-refractivity contribution is 9.10. The van der Waals surface area contributed by atoms with Crippen molar-refractivity contribution < 1.29 is 8.63 Å². The molecule has 3 rings (SSSR count). The Morgan fingerprint density at radius 1 is 1.05 bits per heavy atom. The van der Waals surface area contributed by atoms with Gasteiger partial charge in [-0.3, -0.25) is 0 Å². The van der Waals surface area contributed by atoms with Crippen molar-refractivity contribution >= 4 is 37.7 Å². The van der Waals surface area contributed by atoms with Crippen LogP contribution in [0.25, 0.3) is 11.0 Å². The standard InChI is InChI=1S/C16H13BrO2S/c1-10-3-6-13(7-4-10)20(18)16-11(2)19-15-8-5-12(17)9-14(15)16/h3-9H,1-2H3/t20-/m0/s1. The van der Waals surface area contributed by atoms with Crippen molar-refractivity contribution in [3.63, 3.8) is 0 Å². The van der Waals surface area contributed by atoms with Crippen molar-refractivity contribution in [3.05, 3.63) is 58.3 Å². The molecule has 0 saturated carbocycles. The summed E-state index contributed by atoms with van der Waals surface area (Å²) in [5, 5.41) is 0.899. The van der Waals surface area contributed by atoms with E-state index in [1.807, 2.05) is 56.3 Å². The van der Waals surface area contributed by atoms with Gasteiger partial charge >= 0.3 is 0 Å². The van der Waals surface area contributed by atoms with Crippen LogP contribution in [0.5, 0.6) is 0 Å². The van der Waals surface area contributed by atoms with Gasteiger partial charge in [-0.05, 0) is 44.2 Å². The second-order valence-corrected chi connectivity index (χ2v) is 7.04. The van der Waals surface area contributed by atoms with Crippen molar-refractivity contribution in [2.75, 3.05) is 0 Å². The minimum Gasteiger partial charge on any atom is -0.460 e. The van der Waals surface area contributed by atoms with Crippen molar-refractivity contribution in [1.29, 1.82) is 0 Å². The maximum atomic E-state index is 12.8. The van der Waals surface area contributed by atoms with Crippen molar-refractivity contribution in [1.82, 2.24) is 0 Å². The molecule has 0 amide bonds. The fourth-order valence-corrected chi connectivity index (χ4v) is 3.82. The van der Waals surface area contributed by atoms with E-state index < -0.39 is 10.8 Å². The largest absolute Gasteiger partial charge is 0.460 e. The molecule has 0 spiro atoms. The zero-order valence-corrected chi connectivity index (χ0v) is 13.5. The van der Waals surface area contributed by atoms with Gasteiger partial charge in [-0.15, -0.1) is 0 Å². The molecule has 0 unspecified atom stereocenters. The van der Waals surface area contributed by atoms with Gasteiger partial charge in [-0.1, -0.05) is 33.6 Å². The zero-order chi connectivity index (χ0) is 14.3. The first-order chi connectivity index (χ1) is 9.56. The number of halogens is 1. The Balaban J connectivity index is 2.18. The van der Waals surface area contributed by atoms with Crippen LogP contribution < -0.4 is 0 Å². The van der Waals surface area contributed by atoms with Crippen molar-refractivity contribution in [2.24, 2.45) is 0 Å². The molecule has 0 bridgehead atoms. The second-order valence-electron chi connectivity index (χ2n) is 4.71. The number of aryl methyl sites for hydroxylation is 2. The molecule has 0 fully saturated rings. The molecule has 3 aromatic rings. The first-order valence-corrected chi connectivity index (χ1v) is 8.17. The van der Waals surface area contributed by atoms with E-state index in [2.05, 4.69) is 15.9 Å². The molecule has 0 N–H and O–H groups in total. The molecule has 2 aromatic carbocycles. The highest BCUT2D eigenvalue weighted by Crippen LogP contribution is 2.33. The Hall–Kier alpha value is -1.39. The average Bonchev–Trinajstić information content (AvgIpc) is 2.74. The summed E-state index contributed by atoms with van der Waals surface area (Å²) in [7, 11) is -1.23. The molecule has 0 aliphatic heterocycles. The van der Waals surface area contributed by atoms with Gasteiger partial charge < -0.3 is 4.42 Å². The smallest absolute Gasteiger partial charge is 0.135 e. The molecule has 102 valence electrons. The van der Waals surface area contributed by atoms with Crippen LogP contribution in [-0.4, -0.2) is 4.21 Å². The van der Waals surface area contributed by atoms with Crippen LogP contribution in [0.3, 0.4) is 0 Å². The van der Waals surface area contributed by atoms with Crippen LogP contribution >= 0.6 is 15.9 Å². The SMILES string of the molecule is Cc1ccc([S@](=O)c2c(C)oc3ccc(Br)cc23)cc1. The van der Waals surface area contributed by atoms with Gasteiger partial charge in [0, 0.05) is 14.8 Å². The molecule has 0 aliphatic rings. The minimum absolute atomic E-state index is 0.706. The molecule has 0 saturated heterocycles. The lowest BCUT2D eigenvalue weighted by atomic mass is 10.2. The Kier molecular flexibility index (Phi) is 3.52. The number of furan rings is 1. The first-order valence-electron chi connectivity index (χ1n) is 6.23. The van der Waals surface area contributed by atoms with Crippen LogP contribution in [0.15, 0.2) is 61.1 Å². The van der Waals surface area contributed by atoms with Crippen LogP contribution in [0.2, 0.25) is 0 Å². The quantitative estimate of drug-likeness (QED) is 0.653. The summed E-state index contributed by atoms with van der Waals surface area (Å²) in [6, 6.07) is 13.5. The minimum atomic E-state index is -1.23. The third-order valence-electron chi connectivity index (χ3n) is 3.19. The van der Waals surface area contributed by atoms with E-state index in [0.29, 0.717) is 5.76 Å². The normalized spacial score (nSPS) is 12.8. The van der Waals surface area contributed by atoms with E-state index in [0.717, 1.165) is 30.8 Å². The van der Waals surface area contributed by atoms with Gasteiger partial charge in [0.25, 0.3) is 0 Å². The van der Waals surface area contributed by atoms with Crippen LogP contribution in [0.4, 0.5) is 0 Å². The Morgan fingerprint density at radius 2 is 1.75 bits per heavy atom. The molecule has 2 nitrogen and oxygen atoms in total. The molecule has 0 radical (unpaired) electrons. The van der Waals surface area contributed by atoms with E-state index in [9.17, 15) is 4.21 Å². The molecule has 1 aromatic heterocycles. The third-order valence-corrected chi connectivity index (χ3v) is 5.26. The molecule has 1 heterocycles. The van der Waals surface area contributed by atoms with Gasteiger partial charge in [0.15, 0.2) is 0 Å². The molecule has 1 atom stereocenters. The number of hydrogen-bond donors (Lipinski definition) is 0. The van der Waals surface area contributed by atoms with Crippen LogP contribution in [-0.2, 0) is 10.8 Å². The van der Waals surface area contributed by atoms with Gasteiger partial charge in [-0.25, -0.2) is 4.21 Å². The van der Waals surface area contributed by atoms with E-state index >= 15 is 0 Å². The topological polar surface area (TPSA) is 30.2 Å². The van der Waals surface area contributed by atoms with Gasteiger partial charge in [-0.2, -0.15) is 0 Å². The highest BCUT2D eigenvalue weighted by atomic mass is 79.9. The summed E-state index contributed by atoms with van der Waals surface area (Å²) in [5.41, 5.74) is 1.92. The fourth-order valence-electron chi connectivity index (χ4n) is 2.18. The van der Waals surface area contributed by atoms with Gasteiger partial charge in [0.05, 0.1) is 15.7 Å². The average molecular weight is 349 g/mol. The molecular formula is C16H13BrO2S. The van der Waals surface area contributed by atoms with E-state index in [1.165, 1.54) is 0 Å². The zero-order valence-electron chi connectivity index (χ0n) is 11.1. The summed E-state index contributed by atoms with van der Waals surface area (Å²) in [5.74, 6) is 0.706. The van der Waals surface area contributed by atoms with Gasteiger partial charge in [0.1, 0.15) is 11.3 Å². The summed E-state index contributed by atoms with van der Waals surface area (Å²) >= 11 is 3.45. The first kappa shape index (κ1) is 13.6. The predicted octanol–water partition coefficient (Wildman–Crippen LogP) is 4.98. The molecule has 20 heavy (non-hydrogen) atoms.